The standard InChI is InChI=1S/C17H24N2O4S/c1-3-12-24(22,23)19-11-7-6-10-16(19)17(21)18-15-9-5-4-8-14(15)13(2)20/h4-5,8-9,16H,3,6-7,10-12H2,1-2H3,(H,18,21). The number of benzene rings is 1. The Labute approximate surface area is 143 Å². The Bertz CT molecular complexity index is 715. The SMILES string of the molecule is CCCS(=O)(=O)N1CCCCC1C(=O)Nc1ccccc1C(C)=O. The molecule has 1 heterocycles. The van der Waals surface area contributed by atoms with E-state index in [4.69, 9.17) is 0 Å². The second kappa shape index (κ2) is 7.90. The molecule has 0 saturated carbocycles. The van der Waals surface area contributed by atoms with E-state index < -0.39 is 16.1 Å². The number of nitrogens with zero attached hydrogens (tertiary/aromatic N) is 1. The molecular weight excluding hydrogens is 328 g/mol. The molecule has 1 atom stereocenters. The number of Topliss-reactive ketones (excluding diaryl/α,β-unsaturated/α-hetero) is 1. The van der Waals surface area contributed by atoms with E-state index in [0.29, 0.717) is 30.6 Å². The molecule has 1 saturated heterocycles. The third-order valence-electron chi connectivity index (χ3n) is 4.14. The van der Waals surface area contributed by atoms with Crippen LogP contribution in [-0.4, -0.2) is 42.8 Å². The van der Waals surface area contributed by atoms with Gasteiger partial charge in [-0.05, 0) is 38.3 Å². The number of hydrogen-bond acceptors (Lipinski definition) is 4. The number of anilines is 1. The van der Waals surface area contributed by atoms with E-state index in [9.17, 15) is 18.0 Å². The van der Waals surface area contributed by atoms with Gasteiger partial charge < -0.3 is 5.32 Å². The molecule has 1 unspecified atom stereocenters. The Morgan fingerprint density at radius 3 is 2.62 bits per heavy atom. The van der Waals surface area contributed by atoms with Gasteiger partial charge in [0.2, 0.25) is 15.9 Å². The minimum Gasteiger partial charge on any atom is -0.324 e. The molecule has 0 radical (unpaired) electrons. The van der Waals surface area contributed by atoms with Crippen LogP contribution < -0.4 is 5.32 Å². The molecule has 1 N–H and O–H groups in total. The highest BCUT2D eigenvalue weighted by atomic mass is 32.2. The molecule has 0 bridgehead atoms. The molecule has 1 aliphatic heterocycles. The van der Waals surface area contributed by atoms with Crippen molar-refractivity contribution in [2.24, 2.45) is 0 Å². The summed E-state index contributed by atoms with van der Waals surface area (Å²) in [5, 5.41) is 2.74. The number of amides is 1. The number of carbonyl (C=O) groups is 2. The topological polar surface area (TPSA) is 83.6 Å². The monoisotopic (exact) mass is 352 g/mol. The lowest BCUT2D eigenvalue weighted by Gasteiger charge is -2.33. The van der Waals surface area contributed by atoms with E-state index in [2.05, 4.69) is 5.32 Å². The minimum atomic E-state index is -3.44. The predicted octanol–water partition coefficient (Wildman–Crippen LogP) is 2.42. The molecule has 1 aromatic carbocycles. The van der Waals surface area contributed by atoms with Crippen LogP contribution >= 0.6 is 0 Å². The number of para-hydroxylation sites is 1. The predicted molar refractivity (Wildman–Crippen MR) is 93.5 cm³/mol. The third-order valence-corrected chi connectivity index (χ3v) is 6.22. The summed E-state index contributed by atoms with van der Waals surface area (Å²) >= 11 is 0. The Morgan fingerprint density at radius 1 is 1.25 bits per heavy atom. The molecule has 0 aliphatic carbocycles. The molecule has 7 heteroatoms. The lowest BCUT2D eigenvalue weighted by Crippen LogP contribution is -2.50. The van der Waals surface area contributed by atoms with Crippen LogP contribution in [0, 0.1) is 0 Å². The fourth-order valence-electron chi connectivity index (χ4n) is 2.99. The molecule has 2 rings (SSSR count). The van der Waals surface area contributed by atoms with Gasteiger partial charge in [0, 0.05) is 12.1 Å². The first-order valence-corrected chi connectivity index (χ1v) is 9.88. The van der Waals surface area contributed by atoms with Crippen molar-refractivity contribution in [2.45, 2.75) is 45.6 Å². The van der Waals surface area contributed by atoms with Crippen molar-refractivity contribution in [1.29, 1.82) is 0 Å². The molecule has 1 aromatic rings. The zero-order chi connectivity index (χ0) is 17.7. The molecular formula is C17H24N2O4S. The van der Waals surface area contributed by atoms with Crippen LogP contribution in [0.5, 0.6) is 0 Å². The van der Waals surface area contributed by atoms with Crippen molar-refractivity contribution in [3.05, 3.63) is 29.8 Å². The van der Waals surface area contributed by atoms with Gasteiger partial charge in [-0.1, -0.05) is 25.5 Å². The Hall–Kier alpha value is -1.73. The summed E-state index contributed by atoms with van der Waals surface area (Å²) in [6.07, 6.45) is 2.58. The molecule has 1 fully saturated rings. The van der Waals surface area contributed by atoms with Crippen molar-refractivity contribution in [1.82, 2.24) is 4.31 Å². The van der Waals surface area contributed by atoms with Crippen molar-refractivity contribution in [2.75, 3.05) is 17.6 Å². The van der Waals surface area contributed by atoms with Crippen molar-refractivity contribution < 1.29 is 18.0 Å². The highest BCUT2D eigenvalue weighted by molar-refractivity contribution is 7.89. The summed E-state index contributed by atoms with van der Waals surface area (Å²) in [7, 11) is -3.44. The molecule has 1 aliphatic rings. The maximum Gasteiger partial charge on any atom is 0.242 e. The van der Waals surface area contributed by atoms with E-state index >= 15 is 0 Å². The van der Waals surface area contributed by atoms with Crippen molar-refractivity contribution >= 4 is 27.4 Å². The smallest absolute Gasteiger partial charge is 0.242 e. The number of ketones is 1. The van der Waals surface area contributed by atoms with E-state index in [1.165, 1.54) is 11.2 Å². The first-order valence-electron chi connectivity index (χ1n) is 8.27. The second-order valence-electron chi connectivity index (χ2n) is 6.03. The minimum absolute atomic E-state index is 0.0425. The van der Waals surface area contributed by atoms with Crippen molar-refractivity contribution in [3.63, 3.8) is 0 Å². The van der Waals surface area contributed by atoms with Gasteiger partial charge in [0.15, 0.2) is 5.78 Å². The summed E-state index contributed by atoms with van der Waals surface area (Å²) in [4.78, 5) is 24.4. The molecule has 132 valence electrons. The first kappa shape index (κ1) is 18.6. The van der Waals surface area contributed by atoms with Gasteiger partial charge >= 0.3 is 0 Å². The number of piperidine rings is 1. The number of carbonyl (C=O) groups excluding carboxylic acids is 2. The van der Waals surface area contributed by atoms with Gasteiger partial charge in [-0.3, -0.25) is 9.59 Å². The zero-order valence-electron chi connectivity index (χ0n) is 14.1. The maximum absolute atomic E-state index is 12.7. The fraction of sp³-hybridized carbons (Fsp3) is 0.529. The Balaban J connectivity index is 2.23. The largest absolute Gasteiger partial charge is 0.324 e. The average molecular weight is 352 g/mol. The third kappa shape index (κ3) is 4.21. The number of sulfonamides is 1. The average Bonchev–Trinajstić information content (AvgIpc) is 2.55. The van der Waals surface area contributed by atoms with Gasteiger partial charge in [-0.2, -0.15) is 4.31 Å². The van der Waals surface area contributed by atoms with Crippen LogP contribution in [0.4, 0.5) is 5.69 Å². The van der Waals surface area contributed by atoms with E-state index in [1.807, 2.05) is 0 Å². The lowest BCUT2D eigenvalue weighted by molar-refractivity contribution is -0.120. The van der Waals surface area contributed by atoms with Crippen LogP contribution in [0.1, 0.15) is 49.9 Å². The van der Waals surface area contributed by atoms with E-state index in [1.54, 1.807) is 31.2 Å². The van der Waals surface area contributed by atoms with Gasteiger partial charge in [0.1, 0.15) is 6.04 Å². The number of rotatable bonds is 6. The summed E-state index contributed by atoms with van der Waals surface area (Å²) in [5.41, 5.74) is 0.845. The second-order valence-corrected chi connectivity index (χ2v) is 8.07. The van der Waals surface area contributed by atoms with Gasteiger partial charge in [0.25, 0.3) is 0 Å². The van der Waals surface area contributed by atoms with Gasteiger partial charge in [0.05, 0.1) is 11.4 Å². The summed E-state index contributed by atoms with van der Waals surface area (Å²) in [6, 6.07) is 6.04. The van der Waals surface area contributed by atoms with Crippen molar-refractivity contribution in [3.8, 4) is 0 Å². The highest BCUT2D eigenvalue weighted by Gasteiger charge is 2.36. The Kier molecular flexibility index (Phi) is 6.12. The molecule has 24 heavy (non-hydrogen) atoms. The van der Waals surface area contributed by atoms with Crippen LogP contribution in [0.15, 0.2) is 24.3 Å². The zero-order valence-corrected chi connectivity index (χ0v) is 14.9. The van der Waals surface area contributed by atoms with Crippen LogP contribution in [0.25, 0.3) is 0 Å². The number of nitrogens with one attached hydrogen (secondary N) is 1. The lowest BCUT2D eigenvalue weighted by atomic mass is 10.0. The summed E-state index contributed by atoms with van der Waals surface area (Å²) in [5.74, 6) is -0.478. The highest BCUT2D eigenvalue weighted by Crippen LogP contribution is 2.24. The summed E-state index contributed by atoms with van der Waals surface area (Å²) < 4.78 is 26.2. The molecule has 0 aromatic heterocycles. The van der Waals surface area contributed by atoms with Crippen LogP contribution in [-0.2, 0) is 14.8 Å². The van der Waals surface area contributed by atoms with Gasteiger partial charge in [-0.15, -0.1) is 0 Å². The quantitative estimate of drug-likeness (QED) is 0.797. The Morgan fingerprint density at radius 2 is 1.96 bits per heavy atom. The van der Waals surface area contributed by atoms with Crippen LogP contribution in [0.2, 0.25) is 0 Å². The molecule has 6 nitrogen and oxygen atoms in total. The maximum atomic E-state index is 12.7. The van der Waals surface area contributed by atoms with E-state index in [-0.39, 0.29) is 17.4 Å². The van der Waals surface area contributed by atoms with Crippen LogP contribution in [0.3, 0.4) is 0 Å². The van der Waals surface area contributed by atoms with Gasteiger partial charge in [-0.25, -0.2) is 8.42 Å². The molecule has 1 amide bonds. The summed E-state index contributed by atoms with van der Waals surface area (Å²) in [6.45, 7) is 3.61. The van der Waals surface area contributed by atoms with E-state index in [0.717, 1.165) is 12.8 Å². The molecule has 0 spiro atoms. The normalized spacial score (nSPS) is 19.0. The fourth-order valence-corrected chi connectivity index (χ4v) is 4.74. The first-order chi connectivity index (χ1) is 11.4. The number of hydrogen-bond donors (Lipinski definition) is 1.